The van der Waals surface area contributed by atoms with E-state index in [2.05, 4.69) is 0 Å². The van der Waals surface area contributed by atoms with Gasteiger partial charge in [-0.05, 0) is 6.42 Å². The first-order valence-corrected chi connectivity index (χ1v) is 3.86. The molecule has 3 nitrogen and oxygen atoms in total. The van der Waals surface area contributed by atoms with Gasteiger partial charge in [0.1, 0.15) is 5.94 Å². The Kier molecular flexibility index (Phi) is 1.78. The number of hydrogen-bond acceptors (Lipinski definition) is 3. The van der Waals surface area contributed by atoms with Crippen LogP contribution in [-0.2, 0) is 14.3 Å². The van der Waals surface area contributed by atoms with Crippen molar-refractivity contribution < 1.29 is 14.3 Å². The summed E-state index contributed by atoms with van der Waals surface area (Å²) in [5.41, 5.74) is 0. The lowest BCUT2D eigenvalue weighted by atomic mass is 10.0. The number of rotatable bonds is 1. The SMILES string of the molecule is O=C=CC1CO[C@@H]2CCOC12. The molecule has 60 valence electrons. The Labute approximate surface area is 65.0 Å². The fraction of sp³-hybridized carbons (Fsp3) is 0.750. The average Bonchev–Trinajstić information content (AvgIpc) is 2.53. The standard InChI is InChI=1S/C8H10O3/c9-3-1-6-5-11-7-2-4-10-8(6)7/h1,6-8H,2,4-5H2/t6?,7-,8?/m1/s1. The molecule has 0 N–H and O–H groups in total. The summed E-state index contributed by atoms with van der Waals surface area (Å²) in [7, 11) is 0. The maximum absolute atomic E-state index is 10.1. The summed E-state index contributed by atoms with van der Waals surface area (Å²) >= 11 is 0. The van der Waals surface area contributed by atoms with E-state index in [9.17, 15) is 4.79 Å². The molecule has 2 aliphatic rings. The predicted molar refractivity (Wildman–Crippen MR) is 37.9 cm³/mol. The molecule has 0 amide bonds. The van der Waals surface area contributed by atoms with Gasteiger partial charge in [0.2, 0.25) is 0 Å². The molecule has 2 fully saturated rings. The Balaban J connectivity index is 2.08. The molecule has 2 aliphatic heterocycles. The Morgan fingerprint density at radius 3 is 3.18 bits per heavy atom. The van der Waals surface area contributed by atoms with E-state index in [1.54, 1.807) is 5.94 Å². The predicted octanol–water partition coefficient (Wildman–Crippen LogP) is 0.178. The van der Waals surface area contributed by atoms with Crippen LogP contribution in [0.1, 0.15) is 6.42 Å². The van der Waals surface area contributed by atoms with Gasteiger partial charge in [-0.1, -0.05) is 0 Å². The summed E-state index contributed by atoms with van der Waals surface area (Å²) in [6.07, 6.45) is 2.82. The van der Waals surface area contributed by atoms with E-state index in [0.29, 0.717) is 6.61 Å². The molecule has 3 heteroatoms. The lowest BCUT2D eigenvalue weighted by molar-refractivity contribution is 0.0685. The summed E-state index contributed by atoms with van der Waals surface area (Å²) in [6.45, 7) is 1.38. The Hall–Kier alpha value is -0.630. The Bertz CT molecular complexity index is 196. The van der Waals surface area contributed by atoms with Crippen molar-refractivity contribution in [3.63, 3.8) is 0 Å². The van der Waals surface area contributed by atoms with E-state index in [1.165, 1.54) is 6.08 Å². The first-order valence-electron chi connectivity index (χ1n) is 3.86. The van der Waals surface area contributed by atoms with Crippen molar-refractivity contribution in [2.24, 2.45) is 5.92 Å². The molecule has 0 spiro atoms. The van der Waals surface area contributed by atoms with Crippen LogP contribution in [0.25, 0.3) is 0 Å². The molecule has 3 atom stereocenters. The fourth-order valence-corrected chi connectivity index (χ4v) is 1.73. The first kappa shape index (κ1) is 7.04. The lowest BCUT2D eigenvalue weighted by Gasteiger charge is -2.09. The average molecular weight is 154 g/mol. The first-order chi connectivity index (χ1) is 5.42. The molecule has 0 aliphatic carbocycles. The summed E-state index contributed by atoms with van der Waals surface area (Å²) in [5, 5.41) is 0. The molecule has 2 saturated heterocycles. The molecule has 0 radical (unpaired) electrons. The zero-order chi connectivity index (χ0) is 7.68. The summed E-state index contributed by atoms with van der Waals surface area (Å²) in [5.74, 6) is 1.93. The van der Waals surface area contributed by atoms with Gasteiger partial charge in [-0.2, -0.15) is 0 Å². The highest BCUT2D eigenvalue weighted by molar-refractivity contribution is 5.46. The molecule has 0 saturated carbocycles. The van der Waals surface area contributed by atoms with Crippen molar-refractivity contribution in [1.82, 2.24) is 0 Å². The van der Waals surface area contributed by atoms with Crippen LogP contribution in [0.4, 0.5) is 0 Å². The number of hydrogen-bond donors (Lipinski definition) is 0. The Morgan fingerprint density at radius 1 is 1.45 bits per heavy atom. The van der Waals surface area contributed by atoms with Crippen molar-refractivity contribution in [1.29, 1.82) is 0 Å². The van der Waals surface area contributed by atoms with E-state index in [0.717, 1.165) is 13.0 Å². The second-order valence-corrected chi connectivity index (χ2v) is 2.94. The summed E-state index contributed by atoms with van der Waals surface area (Å²) in [6, 6.07) is 0. The quantitative estimate of drug-likeness (QED) is 0.505. The number of fused-ring (bicyclic) bond motifs is 1. The molecule has 2 heterocycles. The van der Waals surface area contributed by atoms with Gasteiger partial charge in [0.15, 0.2) is 0 Å². The van der Waals surface area contributed by atoms with Gasteiger partial charge < -0.3 is 9.47 Å². The van der Waals surface area contributed by atoms with Crippen LogP contribution in [0, 0.1) is 5.92 Å². The molecule has 2 rings (SSSR count). The normalized spacial score (nSPS) is 41.6. The summed E-state index contributed by atoms with van der Waals surface area (Å²) < 4.78 is 10.8. The third-order valence-electron chi connectivity index (χ3n) is 2.29. The van der Waals surface area contributed by atoms with Crippen LogP contribution in [-0.4, -0.2) is 31.4 Å². The Morgan fingerprint density at radius 2 is 2.36 bits per heavy atom. The van der Waals surface area contributed by atoms with Gasteiger partial charge in [0.25, 0.3) is 0 Å². The van der Waals surface area contributed by atoms with Gasteiger partial charge in [-0.15, -0.1) is 0 Å². The van der Waals surface area contributed by atoms with Crippen LogP contribution < -0.4 is 0 Å². The van der Waals surface area contributed by atoms with Crippen molar-refractivity contribution in [2.45, 2.75) is 18.6 Å². The van der Waals surface area contributed by atoms with Crippen LogP contribution in [0.2, 0.25) is 0 Å². The van der Waals surface area contributed by atoms with Crippen LogP contribution in [0.15, 0.2) is 6.08 Å². The minimum Gasteiger partial charge on any atom is -0.375 e. The van der Waals surface area contributed by atoms with E-state index in [1.807, 2.05) is 0 Å². The van der Waals surface area contributed by atoms with Gasteiger partial charge in [-0.25, -0.2) is 4.79 Å². The summed E-state index contributed by atoms with van der Waals surface area (Å²) in [4.78, 5) is 10.1. The van der Waals surface area contributed by atoms with Crippen LogP contribution in [0.3, 0.4) is 0 Å². The third-order valence-corrected chi connectivity index (χ3v) is 2.29. The smallest absolute Gasteiger partial charge is 0.120 e. The highest BCUT2D eigenvalue weighted by Gasteiger charge is 2.40. The maximum Gasteiger partial charge on any atom is 0.120 e. The highest BCUT2D eigenvalue weighted by atomic mass is 16.6. The molecule has 11 heavy (non-hydrogen) atoms. The van der Waals surface area contributed by atoms with Crippen molar-refractivity contribution in [3.05, 3.63) is 6.08 Å². The van der Waals surface area contributed by atoms with Gasteiger partial charge >= 0.3 is 0 Å². The minimum atomic E-state index is 0.122. The van der Waals surface area contributed by atoms with Crippen molar-refractivity contribution in [3.8, 4) is 0 Å². The minimum absolute atomic E-state index is 0.122. The van der Waals surface area contributed by atoms with Gasteiger partial charge in [0, 0.05) is 18.6 Å². The fourth-order valence-electron chi connectivity index (χ4n) is 1.73. The molecular weight excluding hydrogens is 144 g/mol. The zero-order valence-electron chi connectivity index (χ0n) is 6.16. The van der Waals surface area contributed by atoms with Gasteiger partial charge in [-0.3, -0.25) is 0 Å². The zero-order valence-corrected chi connectivity index (χ0v) is 6.16. The monoisotopic (exact) mass is 154 g/mol. The van der Waals surface area contributed by atoms with Gasteiger partial charge in [0.05, 0.1) is 18.8 Å². The number of carbonyl (C=O) groups excluding carboxylic acids is 1. The van der Waals surface area contributed by atoms with Crippen LogP contribution >= 0.6 is 0 Å². The van der Waals surface area contributed by atoms with E-state index >= 15 is 0 Å². The molecule has 0 aromatic carbocycles. The second kappa shape index (κ2) is 2.78. The van der Waals surface area contributed by atoms with E-state index < -0.39 is 0 Å². The second-order valence-electron chi connectivity index (χ2n) is 2.94. The molecule has 2 unspecified atom stereocenters. The molecule has 0 bridgehead atoms. The molecule has 0 aromatic rings. The van der Waals surface area contributed by atoms with Crippen LogP contribution in [0.5, 0.6) is 0 Å². The van der Waals surface area contributed by atoms with E-state index in [4.69, 9.17) is 9.47 Å². The third kappa shape index (κ3) is 1.11. The largest absolute Gasteiger partial charge is 0.375 e. The topological polar surface area (TPSA) is 35.5 Å². The highest BCUT2D eigenvalue weighted by Crippen LogP contribution is 2.30. The number of ether oxygens (including phenoxy) is 2. The lowest BCUT2D eigenvalue weighted by Crippen LogP contribution is -2.20. The van der Waals surface area contributed by atoms with Crippen molar-refractivity contribution in [2.75, 3.05) is 13.2 Å². The van der Waals surface area contributed by atoms with Crippen molar-refractivity contribution >= 4 is 5.94 Å². The maximum atomic E-state index is 10.1. The molecule has 0 aromatic heterocycles. The van der Waals surface area contributed by atoms with E-state index in [-0.39, 0.29) is 18.1 Å². The molecular formula is C8H10O3.